The van der Waals surface area contributed by atoms with Crippen LogP contribution in [0.1, 0.15) is 25.7 Å². The molecule has 1 aromatic rings. The second kappa shape index (κ2) is 5.83. The van der Waals surface area contributed by atoms with Crippen LogP contribution < -0.4 is 4.72 Å². The van der Waals surface area contributed by atoms with Crippen LogP contribution in [0.15, 0.2) is 23.1 Å². The Morgan fingerprint density at radius 3 is 2.86 bits per heavy atom. The van der Waals surface area contributed by atoms with Crippen LogP contribution in [0.25, 0.3) is 0 Å². The van der Waals surface area contributed by atoms with Gasteiger partial charge in [0.05, 0.1) is 5.02 Å². The lowest BCUT2D eigenvalue weighted by Crippen LogP contribution is -2.46. The standard InChI is InChI=1S/C14H18ClFN2O2S/c15-10-4-3-6-13(14(10)16)21(19,20)17-11-7-9-18-8-2-1-5-12(11)18/h3-4,6,11-12,17H,1-2,5,7-9H2/t11-,12+/m1/s1. The van der Waals surface area contributed by atoms with Crippen molar-refractivity contribution in [2.45, 2.75) is 42.7 Å². The molecule has 7 heteroatoms. The minimum absolute atomic E-state index is 0.145. The van der Waals surface area contributed by atoms with Crippen molar-refractivity contribution in [3.05, 3.63) is 29.0 Å². The Bertz CT molecular complexity index is 638. The van der Waals surface area contributed by atoms with Gasteiger partial charge >= 0.3 is 0 Å². The molecule has 2 aliphatic heterocycles. The maximum Gasteiger partial charge on any atom is 0.243 e. The van der Waals surface area contributed by atoms with Gasteiger partial charge in [0, 0.05) is 18.6 Å². The van der Waals surface area contributed by atoms with Crippen LogP contribution in [0.5, 0.6) is 0 Å². The average Bonchev–Trinajstić information content (AvgIpc) is 2.84. The molecular weight excluding hydrogens is 315 g/mol. The Balaban J connectivity index is 1.82. The van der Waals surface area contributed by atoms with Gasteiger partial charge in [-0.25, -0.2) is 17.5 Å². The highest BCUT2D eigenvalue weighted by atomic mass is 35.5. The van der Waals surface area contributed by atoms with Gasteiger partial charge in [0.1, 0.15) is 4.90 Å². The molecule has 1 aromatic carbocycles. The number of halogens is 2. The SMILES string of the molecule is O=S(=O)(N[C@@H]1CCN2CCCC[C@@H]12)c1cccc(Cl)c1F. The summed E-state index contributed by atoms with van der Waals surface area (Å²) in [7, 11) is -3.88. The highest BCUT2D eigenvalue weighted by Gasteiger charge is 2.38. The van der Waals surface area contributed by atoms with Gasteiger partial charge in [-0.3, -0.25) is 4.90 Å². The molecule has 2 fully saturated rings. The van der Waals surface area contributed by atoms with Gasteiger partial charge in [-0.15, -0.1) is 0 Å². The lowest BCUT2D eigenvalue weighted by molar-refractivity contribution is 0.186. The number of rotatable bonds is 3. The van der Waals surface area contributed by atoms with E-state index < -0.39 is 15.8 Å². The van der Waals surface area contributed by atoms with E-state index in [1.807, 2.05) is 0 Å². The van der Waals surface area contributed by atoms with Gasteiger partial charge in [-0.1, -0.05) is 24.1 Å². The van der Waals surface area contributed by atoms with Crippen molar-refractivity contribution in [1.29, 1.82) is 0 Å². The van der Waals surface area contributed by atoms with Crippen LogP contribution in [-0.2, 0) is 10.0 Å². The number of hydrogen-bond acceptors (Lipinski definition) is 3. The molecule has 0 spiro atoms. The quantitative estimate of drug-likeness (QED) is 0.924. The molecule has 0 unspecified atom stereocenters. The molecule has 0 aromatic heterocycles. The summed E-state index contributed by atoms with van der Waals surface area (Å²) in [5.74, 6) is -0.884. The van der Waals surface area contributed by atoms with Crippen molar-refractivity contribution in [2.75, 3.05) is 13.1 Å². The zero-order valence-corrected chi connectivity index (χ0v) is 13.1. The fourth-order valence-corrected chi connectivity index (χ4v) is 4.97. The predicted octanol–water partition coefficient (Wildman–Crippen LogP) is 2.38. The first-order valence-electron chi connectivity index (χ1n) is 7.19. The summed E-state index contributed by atoms with van der Waals surface area (Å²) in [4.78, 5) is 1.95. The second-order valence-electron chi connectivity index (χ2n) is 5.67. The molecule has 0 aliphatic carbocycles. The van der Waals surface area contributed by atoms with Crippen molar-refractivity contribution in [3.63, 3.8) is 0 Å². The first-order valence-corrected chi connectivity index (χ1v) is 9.05. The minimum atomic E-state index is -3.88. The van der Waals surface area contributed by atoms with Crippen LogP contribution in [0.4, 0.5) is 4.39 Å². The third-order valence-corrected chi connectivity index (χ3v) is 6.17. The molecule has 0 amide bonds. The van der Waals surface area contributed by atoms with Crippen LogP contribution in [-0.4, -0.2) is 38.5 Å². The van der Waals surface area contributed by atoms with E-state index in [4.69, 9.17) is 11.6 Å². The van der Waals surface area contributed by atoms with Crippen LogP contribution in [0.3, 0.4) is 0 Å². The maximum absolute atomic E-state index is 13.9. The molecule has 0 saturated carbocycles. The van der Waals surface area contributed by atoms with E-state index in [9.17, 15) is 12.8 Å². The van der Waals surface area contributed by atoms with Gasteiger partial charge in [0.15, 0.2) is 5.82 Å². The van der Waals surface area contributed by atoms with Gasteiger partial charge in [0.2, 0.25) is 10.0 Å². The van der Waals surface area contributed by atoms with E-state index in [-0.39, 0.29) is 22.0 Å². The zero-order valence-electron chi connectivity index (χ0n) is 11.6. The van der Waals surface area contributed by atoms with Crippen LogP contribution in [0.2, 0.25) is 5.02 Å². The van der Waals surface area contributed by atoms with E-state index in [0.29, 0.717) is 0 Å². The Morgan fingerprint density at radius 1 is 1.24 bits per heavy atom. The van der Waals surface area contributed by atoms with Crippen LogP contribution >= 0.6 is 11.6 Å². The van der Waals surface area contributed by atoms with Gasteiger partial charge < -0.3 is 0 Å². The highest BCUT2D eigenvalue weighted by molar-refractivity contribution is 7.89. The van der Waals surface area contributed by atoms with Crippen molar-refractivity contribution < 1.29 is 12.8 Å². The fraction of sp³-hybridized carbons (Fsp3) is 0.571. The van der Waals surface area contributed by atoms with Gasteiger partial charge in [-0.2, -0.15) is 0 Å². The lowest BCUT2D eigenvalue weighted by Gasteiger charge is -2.32. The topological polar surface area (TPSA) is 49.4 Å². The number of fused-ring (bicyclic) bond motifs is 1. The summed E-state index contributed by atoms with van der Waals surface area (Å²) >= 11 is 5.67. The fourth-order valence-electron chi connectivity index (χ4n) is 3.34. The summed E-state index contributed by atoms with van der Waals surface area (Å²) in [6.45, 7) is 1.92. The zero-order chi connectivity index (χ0) is 15.0. The first kappa shape index (κ1) is 15.2. The molecule has 21 heavy (non-hydrogen) atoms. The molecule has 2 atom stereocenters. The summed E-state index contributed by atoms with van der Waals surface area (Å²) < 4.78 is 41.4. The van der Waals surface area contributed by atoms with Gasteiger partial charge in [-0.05, 0) is 37.9 Å². The summed E-state index contributed by atoms with van der Waals surface area (Å²) in [5, 5.41) is -0.177. The number of hydrogen-bond donors (Lipinski definition) is 1. The van der Waals surface area contributed by atoms with E-state index in [0.717, 1.165) is 32.4 Å². The third kappa shape index (κ3) is 2.95. The number of benzene rings is 1. The smallest absolute Gasteiger partial charge is 0.243 e. The van der Waals surface area contributed by atoms with Crippen molar-refractivity contribution in [2.24, 2.45) is 0 Å². The first-order chi connectivity index (χ1) is 9.99. The average molecular weight is 333 g/mol. The Kier molecular flexibility index (Phi) is 4.23. The van der Waals surface area contributed by atoms with Gasteiger partial charge in [0.25, 0.3) is 0 Å². The van der Waals surface area contributed by atoms with Crippen molar-refractivity contribution in [3.8, 4) is 0 Å². The highest BCUT2D eigenvalue weighted by Crippen LogP contribution is 2.29. The Labute approximate surface area is 129 Å². The largest absolute Gasteiger partial charge is 0.299 e. The van der Waals surface area contributed by atoms with E-state index >= 15 is 0 Å². The monoisotopic (exact) mass is 332 g/mol. The molecule has 1 N–H and O–H groups in total. The molecule has 3 rings (SSSR count). The third-order valence-electron chi connectivity index (χ3n) is 4.37. The summed E-state index contributed by atoms with van der Waals surface area (Å²) in [6.07, 6.45) is 4.04. The minimum Gasteiger partial charge on any atom is -0.299 e. The summed E-state index contributed by atoms with van der Waals surface area (Å²) in [6, 6.07) is 4.12. The molecule has 4 nitrogen and oxygen atoms in total. The normalized spacial score (nSPS) is 26.8. The molecule has 0 radical (unpaired) electrons. The van der Waals surface area contributed by atoms with Crippen LogP contribution in [0, 0.1) is 5.82 Å². The molecule has 2 heterocycles. The number of piperidine rings is 1. The molecule has 0 bridgehead atoms. The molecule has 2 aliphatic rings. The Hall–Kier alpha value is -0.690. The molecular formula is C14H18ClFN2O2S. The molecule has 2 saturated heterocycles. The number of sulfonamides is 1. The lowest BCUT2D eigenvalue weighted by atomic mass is 10.00. The second-order valence-corrected chi connectivity index (χ2v) is 7.76. The number of nitrogens with one attached hydrogen (secondary N) is 1. The van der Waals surface area contributed by atoms with E-state index in [1.54, 1.807) is 0 Å². The number of nitrogens with zero attached hydrogens (tertiary/aromatic N) is 1. The molecule has 116 valence electrons. The predicted molar refractivity (Wildman–Crippen MR) is 79.3 cm³/mol. The van der Waals surface area contributed by atoms with E-state index in [2.05, 4.69) is 9.62 Å². The van der Waals surface area contributed by atoms with Crippen molar-refractivity contribution >= 4 is 21.6 Å². The maximum atomic E-state index is 13.9. The summed E-state index contributed by atoms with van der Waals surface area (Å²) in [5.41, 5.74) is 0. The Morgan fingerprint density at radius 2 is 2.05 bits per heavy atom. The van der Waals surface area contributed by atoms with E-state index in [1.165, 1.54) is 24.6 Å². The van der Waals surface area contributed by atoms with Crippen molar-refractivity contribution in [1.82, 2.24) is 9.62 Å².